The van der Waals surface area contributed by atoms with Crippen molar-refractivity contribution in [2.45, 2.75) is 19.9 Å². The number of Topliss-reactive ketones (excluding diaryl/α,β-unsaturated/α-hetero) is 1. The molecule has 0 radical (unpaired) electrons. The largest absolute Gasteiger partial charge is 0.503 e. The lowest BCUT2D eigenvalue weighted by atomic mass is 9.94. The zero-order valence-corrected chi connectivity index (χ0v) is 20.4. The third kappa shape index (κ3) is 3.93. The van der Waals surface area contributed by atoms with Crippen LogP contribution in [0.15, 0.2) is 46.1 Å². The number of hydrogen-bond donors (Lipinski definition) is 1. The number of para-hydroxylation sites is 1. The van der Waals surface area contributed by atoms with Crippen LogP contribution in [-0.4, -0.2) is 49.1 Å². The topological polar surface area (TPSA) is 128 Å². The van der Waals surface area contributed by atoms with E-state index in [0.717, 1.165) is 16.2 Å². The number of esters is 1. The molecule has 1 amide bonds. The number of nitrogens with zero attached hydrogens (tertiary/aromatic N) is 2. The van der Waals surface area contributed by atoms with Crippen molar-refractivity contribution in [1.29, 1.82) is 0 Å². The Morgan fingerprint density at radius 3 is 2.46 bits per heavy atom. The van der Waals surface area contributed by atoms with Crippen molar-refractivity contribution in [1.82, 2.24) is 4.98 Å². The van der Waals surface area contributed by atoms with E-state index in [1.54, 1.807) is 38.1 Å². The minimum Gasteiger partial charge on any atom is -0.503 e. The number of aliphatic hydroxyl groups is 1. The first kappa shape index (κ1) is 24.0. The molecular formula is C24H22N2O8S. The van der Waals surface area contributed by atoms with Crippen LogP contribution in [0.3, 0.4) is 0 Å². The number of methoxy groups -OCH3 is 3. The maximum absolute atomic E-state index is 13.5. The number of ketones is 1. The number of furan rings is 1. The molecule has 1 aromatic carbocycles. The van der Waals surface area contributed by atoms with Crippen molar-refractivity contribution in [3.8, 4) is 11.5 Å². The Hall–Kier alpha value is -4.12. The third-order valence-electron chi connectivity index (χ3n) is 5.51. The van der Waals surface area contributed by atoms with Gasteiger partial charge in [0.1, 0.15) is 16.7 Å². The molecule has 0 saturated heterocycles. The van der Waals surface area contributed by atoms with Crippen LogP contribution in [0.2, 0.25) is 0 Å². The van der Waals surface area contributed by atoms with Gasteiger partial charge in [-0.25, -0.2) is 9.78 Å². The van der Waals surface area contributed by atoms with Crippen LogP contribution >= 0.6 is 11.3 Å². The summed E-state index contributed by atoms with van der Waals surface area (Å²) in [5.41, 5.74) is 0.480. The molecular weight excluding hydrogens is 476 g/mol. The summed E-state index contributed by atoms with van der Waals surface area (Å²) in [6.07, 6.45) is 0. The molecule has 0 unspecified atom stereocenters. The molecule has 11 heteroatoms. The van der Waals surface area contributed by atoms with Gasteiger partial charge >= 0.3 is 5.97 Å². The Morgan fingerprint density at radius 1 is 1.11 bits per heavy atom. The van der Waals surface area contributed by atoms with Crippen LogP contribution in [-0.2, 0) is 9.53 Å². The number of hydrogen-bond acceptors (Lipinski definition) is 10. The van der Waals surface area contributed by atoms with Crippen LogP contribution in [0.25, 0.3) is 0 Å². The first-order chi connectivity index (χ1) is 16.7. The van der Waals surface area contributed by atoms with Crippen LogP contribution in [0, 0.1) is 13.8 Å². The summed E-state index contributed by atoms with van der Waals surface area (Å²) in [4.78, 5) is 44.8. The molecule has 2 aromatic heterocycles. The van der Waals surface area contributed by atoms with Gasteiger partial charge in [-0.3, -0.25) is 14.5 Å². The van der Waals surface area contributed by atoms with Crippen LogP contribution in [0.5, 0.6) is 11.5 Å². The highest BCUT2D eigenvalue weighted by Gasteiger charge is 2.48. The molecule has 4 rings (SSSR count). The van der Waals surface area contributed by atoms with E-state index in [2.05, 4.69) is 4.98 Å². The van der Waals surface area contributed by atoms with E-state index in [4.69, 9.17) is 18.6 Å². The number of aliphatic hydroxyl groups excluding tert-OH is 1. The first-order valence-electron chi connectivity index (χ1n) is 10.4. The van der Waals surface area contributed by atoms with E-state index >= 15 is 0 Å². The van der Waals surface area contributed by atoms with Crippen molar-refractivity contribution < 1.29 is 38.1 Å². The predicted molar refractivity (Wildman–Crippen MR) is 125 cm³/mol. The van der Waals surface area contributed by atoms with Crippen molar-refractivity contribution >= 4 is 34.1 Å². The maximum Gasteiger partial charge on any atom is 0.350 e. The van der Waals surface area contributed by atoms with Crippen molar-refractivity contribution in [2.24, 2.45) is 0 Å². The number of amides is 1. The van der Waals surface area contributed by atoms with Gasteiger partial charge < -0.3 is 23.7 Å². The number of carbonyl (C=O) groups is 3. The summed E-state index contributed by atoms with van der Waals surface area (Å²) in [6.45, 7) is 3.27. The van der Waals surface area contributed by atoms with Gasteiger partial charge in [-0.2, -0.15) is 0 Å². The number of rotatable bonds is 7. The molecule has 10 nitrogen and oxygen atoms in total. The van der Waals surface area contributed by atoms with Gasteiger partial charge in [0, 0.05) is 5.56 Å². The van der Waals surface area contributed by atoms with Gasteiger partial charge in [-0.05, 0) is 32.0 Å². The maximum atomic E-state index is 13.5. The molecule has 35 heavy (non-hydrogen) atoms. The average Bonchev–Trinajstić information content (AvgIpc) is 3.53. The molecule has 1 N–H and O–H groups in total. The van der Waals surface area contributed by atoms with Crippen LogP contribution in [0.1, 0.15) is 43.3 Å². The zero-order chi connectivity index (χ0) is 25.4. The summed E-state index contributed by atoms with van der Waals surface area (Å²) < 4.78 is 21.2. The van der Waals surface area contributed by atoms with Crippen molar-refractivity contribution in [3.63, 3.8) is 0 Å². The van der Waals surface area contributed by atoms with Gasteiger partial charge in [0.25, 0.3) is 5.91 Å². The molecule has 3 heterocycles. The molecule has 0 bridgehead atoms. The average molecular weight is 499 g/mol. The molecule has 1 aliphatic rings. The molecule has 182 valence electrons. The van der Waals surface area contributed by atoms with Crippen molar-refractivity contribution in [2.75, 3.05) is 26.2 Å². The summed E-state index contributed by atoms with van der Waals surface area (Å²) in [6, 6.07) is 6.89. The molecule has 3 aromatic rings. The molecule has 0 aliphatic carbocycles. The minimum atomic E-state index is -1.15. The summed E-state index contributed by atoms with van der Waals surface area (Å²) in [5.74, 6) is -1.86. The number of benzene rings is 1. The second-order valence-corrected chi connectivity index (χ2v) is 8.54. The molecule has 0 spiro atoms. The number of carbonyl (C=O) groups excluding carboxylic acids is 3. The first-order valence-corrected chi connectivity index (χ1v) is 11.2. The van der Waals surface area contributed by atoms with Gasteiger partial charge in [0.2, 0.25) is 5.78 Å². The Bertz CT molecular complexity index is 1370. The number of ether oxygens (including phenoxy) is 3. The number of anilines is 1. The summed E-state index contributed by atoms with van der Waals surface area (Å²) in [7, 11) is 4.12. The van der Waals surface area contributed by atoms with Crippen LogP contribution in [0.4, 0.5) is 5.13 Å². The Kier molecular flexibility index (Phi) is 6.35. The second kappa shape index (κ2) is 9.26. The molecule has 0 saturated carbocycles. The lowest BCUT2D eigenvalue weighted by Gasteiger charge is -2.26. The van der Waals surface area contributed by atoms with Gasteiger partial charge in [-0.15, -0.1) is 0 Å². The third-order valence-corrected chi connectivity index (χ3v) is 6.64. The normalized spacial score (nSPS) is 15.5. The Labute approximate surface area is 204 Å². The number of aryl methyl sites for hydroxylation is 2. The highest BCUT2D eigenvalue weighted by Crippen LogP contribution is 2.48. The molecule has 1 atom stereocenters. The summed E-state index contributed by atoms with van der Waals surface area (Å²) >= 11 is 0.906. The SMILES string of the molecule is COC(=O)c1sc(N2C(=O)C(O)=C(C(=O)c3ccc(C)o3)[C@@H]2c2cccc(OC)c2OC)nc1C. The zero-order valence-electron chi connectivity index (χ0n) is 19.6. The lowest BCUT2D eigenvalue weighted by Crippen LogP contribution is -2.31. The highest BCUT2D eigenvalue weighted by molar-refractivity contribution is 7.17. The van der Waals surface area contributed by atoms with Gasteiger partial charge in [0.05, 0.1) is 32.6 Å². The standard InChI is InChI=1S/C24H22N2O8S/c1-11-9-10-14(34-11)18(27)16-17(13-7-6-8-15(31-3)20(13)32-4)26(22(29)19(16)28)24-25-12(2)21(35-24)23(30)33-5/h6-10,17,28H,1-5H3/t17-/m0/s1. The second-order valence-electron chi connectivity index (χ2n) is 7.56. The fourth-order valence-corrected chi connectivity index (χ4v) is 4.92. The van der Waals surface area contributed by atoms with Crippen LogP contribution < -0.4 is 14.4 Å². The quantitative estimate of drug-likeness (QED) is 0.380. The fourth-order valence-electron chi connectivity index (χ4n) is 3.91. The predicted octanol–water partition coefficient (Wildman–Crippen LogP) is 3.94. The molecule has 1 aliphatic heterocycles. The van der Waals surface area contributed by atoms with E-state index in [0.29, 0.717) is 22.8 Å². The highest BCUT2D eigenvalue weighted by atomic mass is 32.1. The van der Waals surface area contributed by atoms with E-state index in [1.165, 1.54) is 27.4 Å². The smallest absolute Gasteiger partial charge is 0.350 e. The molecule has 0 fully saturated rings. The van der Waals surface area contributed by atoms with E-state index in [9.17, 15) is 19.5 Å². The van der Waals surface area contributed by atoms with Crippen molar-refractivity contribution in [3.05, 3.63) is 69.3 Å². The van der Waals surface area contributed by atoms with Gasteiger partial charge in [0.15, 0.2) is 28.1 Å². The Morgan fingerprint density at radius 2 is 1.86 bits per heavy atom. The van der Waals surface area contributed by atoms with E-state index in [-0.39, 0.29) is 27.1 Å². The lowest BCUT2D eigenvalue weighted by molar-refractivity contribution is -0.117. The summed E-state index contributed by atoms with van der Waals surface area (Å²) in [5, 5.41) is 11.0. The Balaban J connectivity index is 1.95. The minimum absolute atomic E-state index is 0.0452. The van der Waals surface area contributed by atoms with Gasteiger partial charge in [-0.1, -0.05) is 23.5 Å². The van der Waals surface area contributed by atoms with E-state index in [1.807, 2.05) is 0 Å². The number of thiazole rings is 1. The fraction of sp³-hybridized carbons (Fsp3) is 0.250. The van der Waals surface area contributed by atoms with E-state index < -0.39 is 29.5 Å². The number of aromatic nitrogens is 1. The monoisotopic (exact) mass is 498 g/mol.